The fraction of sp³-hybridized carbons (Fsp3) is 0.250. The minimum absolute atomic E-state index is 0.270. The van der Waals surface area contributed by atoms with Crippen LogP contribution in [0.1, 0.15) is 18.9 Å². The number of nitrogens with one attached hydrogen (secondary N) is 1. The largest absolute Gasteiger partial charge is 0.321 e. The van der Waals surface area contributed by atoms with Crippen LogP contribution < -0.4 is 10.3 Å². The molecule has 0 aromatic heterocycles. The summed E-state index contributed by atoms with van der Waals surface area (Å²) in [6, 6.07) is 14.6. The molecule has 5 heteroatoms. The molecule has 0 bridgehead atoms. The van der Waals surface area contributed by atoms with Crippen molar-refractivity contribution in [2.24, 2.45) is 5.92 Å². The number of fused-ring (bicyclic) bond motifs is 1. The Hall–Kier alpha value is -2.66. The molecule has 1 amide bonds. The van der Waals surface area contributed by atoms with Crippen LogP contribution in [0.5, 0.6) is 0 Å². The van der Waals surface area contributed by atoms with E-state index in [0.717, 1.165) is 25.2 Å². The number of amides is 1. The van der Waals surface area contributed by atoms with Crippen LogP contribution in [0.2, 0.25) is 0 Å². The molecule has 2 heterocycles. The maximum atomic E-state index is 14.3. The maximum Gasteiger partial charge on any atom is 0.258 e. The van der Waals surface area contributed by atoms with E-state index in [4.69, 9.17) is 0 Å². The fourth-order valence-electron chi connectivity index (χ4n) is 3.46. The van der Waals surface area contributed by atoms with Crippen LogP contribution in [0, 0.1) is 11.7 Å². The second kappa shape index (κ2) is 6.33. The monoisotopic (exact) mass is 337 g/mol. The van der Waals surface area contributed by atoms with Crippen LogP contribution in [0.25, 0.3) is 5.57 Å². The van der Waals surface area contributed by atoms with Gasteiger partial charge in [0.05, 0.1) is 16.9 Å². The highest BCUT2D eigenvalue weighted by molar-refractivity contribution is 6.31. The van der Waals surface area contributed by atoms with Gasteiger partial charge in [-0.15, -0.1) is 0 Å². The molecule has 25 heavy (non-hydrogen) atoms. The number of para-hydroxylation sites is 1. The molecular formula is C20H20FN3O. The number of nitrogens with zero attached hydrogens (tertiary/aromatic N) is 2. The summed E-state index contributed by atoms with van der Waals surface area (Å²) in [5.74, 6) is -0.0655. The van der Waals surface area contributed by atoms with Crippen LogP contribution >= 0.6 is 0 Å². The number of rotatable bonds is 3. The smallest absolute Gasteiger partial charge is 0.258 e. The average molecular weight is 337 g/mol. The van der Waals surface area contributed by atoms with Crippen molar-refractivity contribution in [3.63, 3.8) is 0 Å². The summed E-state index contributed by atoms with van der Waals surface area (Å²) in [5.41, 5.74) is 2.19. The van der Waals surface area contributed by atoms with Crippen LogP contribution in [0.3, 0.4) is 0 Å². The molecule has 1 fully saturated rings. The first-order chi connectivity index (χ1) is 12.1. The fourth-order valence-corrected chi connectivity index (χ4v) is 3.46. The van der Waals surface area contributed by atoms with E-state index in [9.17, 15) is 9.18 Å². The first-order valence-electron chi connectivity index (χ1n) is 8.54. The zero-order valence-corrected chi connectivity index (χ0v) is 14.1. The van der Waals surface area contributed by atoms with E-state index < -0.39 is 0 Å². The lowest BCUT2D eigenvalue weighted by molar-refractivity contribution is -0.110. The number of halogens is 1. The maximum absolute atomic E-state index is 14.3. The number of carbonyl (C=O) groups excluding carboxylic acids is 1. The summed E-state index contributed by atoms with van der Waals surface area (Å²) in [5, 5.41) is 6.95. The van der Waals surface area contributed by atoms with Gasteiger partial charge in [0, 0.05) is 24.9 Å². The predicted octanol–water partition coefficient (Wildman–Crippen LogP) is 3.88. The Balaban J connectivity index is 1.79. The molecular weight excluding hydrogens is 317 g/mol. The van der Waals surface area contributed by atoms with Crippen LogP contribution in [-0.2, 0) is 4.79 Å². The van der Waals surface area contributed by atoms with Gasteiger partial charge in [-0.1, -0.05) is 31.2 Å². The van der Waals surface area contributed by atoms with Crippen molar-refractivity contribution >= 4 is 22.9 Å². The Morgan fingerprint density at radius 2 is 2.00 bits per heavy atom. The molecule has 2 aliphatic heterocycles. The number of carbonyl (C=O) groups is 1. The zero-order valence-electron chi connectivity index (χ0n) is 14.1. The van der Waals surface area contributed by atoms with Gasteiger partial charge >= 0.3 is 0 Å². The number of hydrogen-bond acceptors (Lipinski definition) is 3. The molecule has 0 saturated carbocycles. The SMILES string of the molecule is CC1CCN(N(C=C2C(=O)Nc3cccc(F)c32)c2ccccc2)C1. The molecule has 0 radical (unpaired) electrons. The summed E-state index contributed by atoms with van der Waals surface area (Å²) >= 11 is 0. The van der Waals surface area contributed by atoms with Crippen LogP contribution in [0.15, 0.2) is 54.7 Å². The van der Waals surface area contributed by atoms with E-state index in [2.05, 4.69) is 17.2 Å². The van der Waals surface area contributed by atoms with Crippen molar-refractivity contribution in [1.29, 1.82) is 0 Å². The molecule has 1 unspecified atom stereocenters. The lowest BCUT2D eigenvalue weighted by Crippen LogP contribution is -2.37. The number of hydrazine groups is 1. The van der Waals surface area contributed by atoms with Crippen molar-refractivity contribution in [3.8, 4) is 0 Å². The highest BCUT2D eigenvalue weighted by atomic mass is 19.1. The minimum Gasteiger partial charge on any atom is -0.321 e. The van der Waals surface area contributed by atoms with Gasteiger partial charge in [0.2, 0.25) is 0 Å². The van der Waals surface area contributed by atoms with E-state index in [1.54, 1.807) is 18.3 Å². The van der Waals surface area contributed by atoms with E-state index in [-0.39, 0.29) is 11.7 Å². The van der Waals surface area contributed by atoms with Gasteiger partial charge in [0.15, 0.2) is 0 Å². The number of hydrogen-bond donors (Lipinski definition) is 1. The summed E-state index contributed by atoms with van der Waals surface area (Å²) in [4.78, 5) is 12.4. The third kappa shape index (κ3) is 2.91. The van der Waals surface area contributed by atoms with Crippen LogP contribution in [-0.4, -0.2) is 24.0 Å². The van der Waals surface area contributed by atoms with E-state index in [1.807, 2.05) is 35.3 Å². The van der Waals surface area contributed by atoms with Gasteiger partial charge in [-0.2, -0.15) is 0 Å². The Morgan fingerprint density at radius 1 is 1.20 bits per heavy atom. The normalized spacial score (nSPS) is 21.4. The van der Waals surface area contributed by atoms with Crippen molar-refractivity contribution in [2.45, 2.75) is 13.3 Å². The van der Waals surface area contributed by atoms with Crippen molar-refractivity contribution in [2.75, 3.05) is 23.4 Å². The van der Waals surface area contributed by atoms with Gasteiger partial charge in [-0.25, -0.2) is 9.40 Å². The van der Waals surface area contributed by atoms with Gasteiger partial charge in [-0.3, -0.25) is 9.80 Å². The lowest BCUT2D eigenvalue weighted by Gasteiger charge is -2.31. The Morgan fingerprint density at radius 3 is 2.72 bits per heavy atom. The number of benzene rings is 2. The van der Waals surface area contributed by atoms with Crippen LogP contribution in [0.4, 0.5) is 15.8 Å². The Labute approximate surface area is 146 Å². The van der Waals surface area contributed by atoms with Gasteiger partial charge in [0.1, 0.15) is 5.82 Å². The van der Waals surface area contributed by atoms with E-state index >= 15 is 0 Å². The molecule has 2 aliphatic rings. The van der Waals surface area contributed by atoms with Gasteiger partial charge < -0.3 is 5.32 Å². The molecule has 2 aromatic carbocycles. The number of anilines is 2. The van der Waals surface area contributed by atoms with E-state index in [1.165, 1.54) is 6.07 Å². The lowest BCUT2D eigenvalue weighted by atomic mass is 10.1. The van der Waals surface area contributed by atoms with Gasteiger partial charge in [-0.05, 0) is 36.6 Å². The topological polar surface area (TPSA) is 35.6 Å². The zero-order chi connectivity index (χ0) is 17.4. The molecule has 2 aromatic rings. The van der Waals surface area contributed by atoms with Crippen molar-refractivity contribution in [1.82, 2.24) is 5.01 Å². The van der Waals surface area contributed by atoms with Gasteiger partial charge in [0.25, 0.3) is 5.91 Å². The summed E-state index contributed by atoms with van der Waals surface area (Å²) in [6.07, 6.45) is 2.86. The molecule has 1 atom stereocenters. The third-order valence-corrected chi connectivity index (χ3v) is 4.76. The molecule has 0 spiro atoms. The Bertz CT molecular complexity index is 834. The minimum atomic E-state index is -0.384. The molecule has 4 nitrogen and oxygen atoms in total. The third-order valence-electron chi connectivity index (χ3n) is 4.76. The summed E-state index contributed by atoms with van der Waals surface area (Å²) < 4.78 is 14.3. The highest BCUT2D eigenvalue weighted by Gasteiger charge is 2.30. The Kier molecular flexibility index (Phi) is 4.01. The van der Waals surface area contributed by atoms with E-state index in [0.29, 0.717) is 22.7 Å². The highest BCUT2D eigenvalue weighted by Crippen LogP contribution is 2.35. The van der Waals surface area contributed by atoms with Crippen molar-refractivity contribution in [3.05, 3.63) is 66.1 Å². The molecule has 4 rings (SSSR count). The molecule has 1 saturated heterocycles. The molecule has 0 aliphatic carbocycles. The average Bonchev–Trinajstić information content (AvgIpc) is 3.17. The standard InChI is InChI=1S/C20H20FN3O/c1-14-10-11-23(12-14)24(15-6-3-2-4-7-15)13-16-19-17(21)8-5-9-18(19)22-20(16)25/h2-9,13-14H,10-12H2,1H3,(H,22,25). The molecule has 128 valence electrons. The first kappa shape index (κ1) is 15.8. The second-order valence-electron chi connectivity index (χ2n) is 6.65. The first-order valence-corrected chi connectivity index (χ1v) is 8.54. The molecule has 1 N–H and O–H groups in total. The summed E-state index contributed by atoms with van der Waals surface area (Å²) in [6.45, 7) is 4.03. The predicted molar refractivity (Wildman–Crippen MR) is 97.3 cm³/mol. The summed E-state index contributed by atoms with van der Waals surface area (Å²) in [7, 11) is 0. The van der Waals surface area contributed by atoms with Crippen molar-refractivity contribution < 1.29 is 9.18 Å². The quantitative estimate of drug-likeness (QED) is 0.864. The second-order valence-corrected chi connectivity index (χ2v) is 6.65.